The summed E-state index contributed by atoms with van der Waals surface area (Å²) in [6.07, 6.45) is 4.90. The highest BCUT2D eigenvalue weighted by atomic mass is 16.1. The van der Waals surface area contributed by atoms with Gasteiger partial charge in [-0.15, -0.1) is 0 Å². The van der Waals surface area contributed by atoms with Crippen molar-refractivity contribution in [2.24, 2.45) is 11.1 Å². The maximum Gasteiger partial charge on any atom is 0.252 e. The first-order chi connectivity index (χ1) is 10.1. The summed E-state index contributed by atoms with van der Waals surface area (Å²) >= 11 is 0. The second-order valence-corrected chi connectivity index (χ2v) is 6.49. The van der Waals surface area contributed by atoms with Gasteiger partial charge >= 0.3 is 0 Å². The van der Waals surface area contributed by atoms with E-state index in [0.717, 1.165) is 44.1 Å². The number of hydrogen-bond donors (Lipinski definition) is 2. The van der Waals surface area contributed by atoms with Crippen molar-refractivity contribution in [3.63, 3.8) is 0 Å². The van der Waals surface area contributed by atoms with Gasteiger partial charge in [-0.1, -0.05) is 0 Å². The van der Waals surface area contributed by atoms with Crippen LogP contribution in [0.3, 0.4) is 0 Å². The number of aryl methyl sites for hydroxylation is 1. The highest BCUT2D eigenvalue weighted by Crippen LogP contribution is 2.37. The van der Waals surface area contributed by atoms with Crippen LogP contribution in [-0.4, -0.2) is 37.1 Å². The summed E-state index contributed by atoms with van der Waals surface area (Å²) < 4.78 is 0. The highest BCUT2D eigenvalue weighted by molar-refractivity contribution is 5.97. The van der Waals surface area contributed by atoms with Crippen LogP contribution in [0.4, 0.5) is 5.82 Å². The molecule has 3 N–H and O–H groups in total. The minimum Gasteiger partial charge on any atom is -0.365 e. The van der Waals surface area contributed by atoms with Gasteiger partial charge in [0, 0.05) is 30.7 Å². The Labute approximate surface area is 125 Å². The van der Waals surface area contributed by atoms with Crippen molar-refractivity contribution in [1.29, 1.82) is 0 Å². The van der Waals surface area contributed by atoms with E-state index in [9.17, 15) is 4.79 Å². The van der Waals surface area contributed by atoms with Gasteiger partial charge in [0.1, 0.15) is 5.82 Å². The third kappa shape index (κ3) is 2.88. The molecule has 0 saturated carbocycles. The summed E-state index contributed by atoms with van der Waals surface area (Å²) in [6.45, 7) is 6.07. The number of nitrogens with zero attached hydrogens (tertiary/aromatic N) is 2. The lowest BCUT2D eigenvalue weighted by atomic mass is 9.74. The van der Waals surface area contributed by atoms with E-state index in [-0.39, 0.29) is 5.91 Å². The van der Waals surface area contributed by atoms with E-state index in [2.05, 4.69) is 15.2 Å². The standard InChI is InChI=1S/C16H24N4O/c1-12-4-5-13(14(17)21)15(19-12)20-9-3-7-16(11-20)6-2-8-18-10-16/h4-5,18H,2-3,6-11H2,1H3,(H2,17,21). The number of nitrogens with one attached hydrogen (secondary N) is 1. The van der Waals surface area contributed by atoms with E-state index >= 15 is 0 Å². The Balaban J connectivity index is 1.89. The minimum atomic E-state index is -0.390. The lowest BCUT2D eigenvalue weighted by Crippen LogP contribution is -2.51. The maximum atomic E-state index is 11.7. The van der Waals surface area contributed by atoms with Crippen LogP contribution in [0.25, 0.3) is 0 Å². The Morgan fingerprint density at radius 3 is 2.90 bits per heavy atom. The monoisotopic (exact) mass is 288 g/mol. The molecule has 114 valence electrons. The number of pyridine rings is 1. The number of piperidine rings is 2. The highest BCUT2D eigenvalue weighted by Gasteiger charge is 2.37. The third-order valence-corrected chi connectivity index (χ3v) is 4.80. The molecule has 2 aliphatic heterocycles. The summed E-state index contributed by atoms with van der Waals surface area (Å²) in [5.74, 6) is 0.381. The molecule has 3 rings (SSSR count). The van der Waals surface area contributed by atoms with E-state index in [1.54, 1.807) is 6.07 Å². The first-order valence-electron chi connectivity index (χ1n) is 7.83. The van der Waals surface area contributed by atoms with Gasteiger partial charge in [0.2, 0.25) is 0 Å². The molecule has 0 aliphatic carbocycles. The van der Waals surface area contributed by atoms with Crippen LogP contribution in [0, 0.1) is 12.3 Å². The fourth-order valence-corrected chi connectivity index (χ4v) is 3.74. The van der Waals surface area contributed by atoms with Crippen molar-refractivity contribution >= 4 is 11.7 Å². The number of hydrogen-bond acceptors (Lipinski definition) is 4. The normalized spacial score (nSPS) is 26.0. The SMILES string of the molecule is Cc1ccc(C(N)=O)c(N2CCCC3(CCCNC3)C2)n1. The minimum absolute atomic E-state index is 0.330. The molecule has 2 aliphatic rings. The zero-order valence-electron chi connectivity index (χ0n) is 12.7. The van der Waals surface area contributed by atoms with Crippen LogP contribution in [0.5, 0.6) is 0 Å². The van der Waals surface area contributed by atoms with Gasteiger partial charge in [0.15, 0.2) is 0 Å². The third-order valence-electron chi connectivity index (χ3n) is 4.80. The molecule has 0 aromatic carbocycles. The smallest absolute Gasteiger partial charge is 0.252 e. The topological polar surface area (TPSA) is 71.2 Å². The number of primary amides is 1. The fourth-order valence-electron chi connectivity index (χ4n) is 3.74. The van der Waals surface area contributed by atoms with Gasteiger partial charge in [0.05, 0.1) is 5.56 Å². The Bertz CT molecular complexity index is 532. The maximum absolute atomic E-state index is 11.7. The molecule has 1 atom stereocenters. The molecule has 21 heavy (non-hydrogen) atoms. The Morgan fingerprint density at radius 1 is 1.38 bits per heavy atom. The molecule has 5 nitrogen and oxygen atoms in total. The molecule has 1 unspecified atom stereocenters. The van der Waals surface area contributed by atoms with Crippen LogP contribution >= 0.6 is 0 Å². The summed E-state index contributed by atoms with van der Waals surface area (Å²) in [5, 5.41) is 3.53. The number of nitrogens with two attached hydrogens (primary N) is 1. The van der Waals surface area contributed by atoms with E-state index in [1.165, 1.54) is 19.3 Å². The van der Waals surface area contributed by atoms with Crippen LogP contribution in [0.15, 0.2) is 12.1 Å². The molecule has 0 radical (unpaired) electrons. The fraction of sp³-hybridized carbons (Fsp3) is 0.625. The summed E-state index contributed by atoms with van der Waals surface area (Å²) in [6, 6.07) is 3.66. The van der Waals surface area contributed by atoms with Gasteiger partial charge in [-0.25, -0.2) is 4.98 Å². The van der Waals surface area contributed by atoms with Crippen molar-refractivity contribution in [3.8, 4) is 0 Å². The second kappa shape index (κ2) is 5.64. The second-order valence-electron chi connectivity index (χ2n) is 6.49. The van der Waals surface area contributed by atoms with E-state index in [4.69, 9.17) is 5.73 Å². The van der Waals surface area contributed by atoms with Gasteiger partial charge in [-0.05, 0) is 51.3 Å². The van der Waals surface area contributed by atoms with Crippen molar-refractivity contribution in [1.82, 2.24) is 10.3 Å². The predicted octanol–water partition coefficient (Wildman–Crippen LogP) is 1.46. The molecule has 3 heterocycles. The van der Waals surface area contributed by atoms with Crippen molar-refractivity contribution in [2.45, 2.75) is 32.6 Å². The molecule has 5 heteroatoms. The number of carbonyl (C=O) groups is 1. The van der Waals surface area contributed by atoms with Crippen LogP contribution in [-0.2, 0) is 0 Å². The molecule has 1 amide bonds. The summed E-state index contributed by atoms with van der Waals surface area (Å²) in [4.78, 5) is 18.6. The molecule has 1 aromatic rings. The van der Waals surface area contributed by atoms with Crippen LogP contribution < -0.4 is 16.0 Å². The lowest BCUT2D eigenvalue weighted by molar-refractivity contribution is 0.0999. The largest absolute Gasteiger partial charge is 0.365 e. The molecule has 0 bridgehead atoms. The zero-order chi connectivity index (χ0) is 14.9. The van der Waals surface area contributed by atoms with E-state index in [1.807, 2.05) is 13.0 Å². The average molecular weight is 288 g/mol. The lowest BCUT2D eigenvalue weighted by Gasteiger charge is -2.46. The quantitative estimate of drug-likeness (QED) is 0.864. The van der Waals surface area contributed by atoms with Gasteiger partial charge in [-0.2, -0.15) is 0 Å². The number of aromatic nitrogens is 1. The van der Waals surface area contributed by atoms with Crippen LogP contribution in [0.2, 0.25) is 0 Å². The first kappa shape index (κ1) is 14.3. The number of amides is 1. The van der Waals surface area contributed by atoms with Crippen molar-refractivity contribution in [3.05, 3.63) is 23.4 Å². The van der Waals surface area contributed by atoms with Gasteiger partial charge in [-0.3, -0.25) is 4.79 Å². The van der Waals surface area contributed by atoms with Gasteiger partial charge in [0.25, 0.3) is 5.91 Å². The van der Waals surface area contributed by atoms with E-state index < -0.39 is 0 Å². The van der Waals surface area contributed by atoms with Crippen LogP contribution in [0.1, 0.15) is 41.7 Å². The Hall–Kier alpha value is -1.62. The zero-order valence-corrected chi connectivity index (χ0v) is 12.7. The predicted molar refractivity (Wildman–Crippen MR) is 83.5 cm³/mol. The number of rotatable bonds is 2. The molecular weight excluding hydrogens is 264 g/mol. The first-order valence-corrected chi connectivity index (χ1v) is 7.83. The molecule has 2 saturated heterocycles. The molecule has 1 aromatic heterocycles. The van der Waals surface area contributed by atoms with Crippen molar-refractivity contribution < 1.29 is 4.79 Å². The molecule has 2 fully saturated rings. The van der Waals surface area contributed by atoms with E-state index in [0.29, 0.717) is 11.0 Å². The Kier molecular flexibility index (Phi) is 3.85. The Morgan fingerprint density at radius 2 is 2.19 bits per heavy atom. The van der Waals surface area contributed by atoms with Gasteiger partial charge < -0.3 is 16.0 Å². The van der Waals surface area contributed by atoms with Crippen molar-refractivity contribution in [2.75, 3.05) is 31.1 Å². The average Bonchev–Trinajstić information content (AvgIpc) is 2.47. The summed E-state index contributed by atoms with van der Waals surface area (Å²) in [5.41, 5.74) is 7.32. The molecular formula is C16H24N4O. The number of carbonyl (C=O) groups excluding carboxylic acids is 1. The number of anilines is 1. The summed E-state index contributed by atoms with van der Waals surface area (Å²) in [7, 11) is 0. The molecule has 1 spiro atoms.